The van der Waals surface area contributed by atoms with Crippen molar-refractivity contribution in [3.63, 3.8) is 0 Å². The number of terminal acetylenes is 1. The first-order chi connectivity index (χ1) is 19.4. The largest absolute Gasteiger partial charge is 0.490 e. The molecule has 1 aliphatic heterocycles. The van der Waals surface area contributed by atoms with E-state index >= 15 is 0 Å². The minimum Gasteiger partial charge on any atom is -0.490 e. The lowest BCUT2D eigenvalue weighted by Gasteiger charge is -2.23. The Labute approximate surface area is 235 Å². The van der Waals surface area contributed by atoms with Gasteiger partial charge in [0.25, 0.3) is 5.56 Å². The molecule has 0 bridgehead atoms. The SMILES string of the molecule is C#CCOc1ccc(/C=c2\sc3n(c2=O)[C@@H](c2ccc(OCC)c(OCC)c2)C(C(=O)OC)=CN=3)cc1OCC. The molecule has 0 saturated carbocycles. The number of ether oxygens (including phenoxy) is 5. The van der Waals surface area contributed by atoms with Crippen molar-refractivity contribution in [1.29, 1.82) is 0 Å². The van der Waals surface area contributed by atoms with Crippen molar-refractivity contribution in [1.82, 2.24) is 4.57 Å². The summed E-state index contributed by atoms with van der Waals surface area (Å²) in [6, 6.07) is 9.92. The molecule has 0 aliphatic carbocycles. The Morgan fingerprint density at radius 2 is 1.65 bits per heavy atom. The minimum atomic E-state index is -0.778. The van der Waals surface area contributed by atoms with Gasteiger partial charge in [-0.05, 0) is 62.2 Å². The summed E-state index contributed by atoms with van der Waals surface area (Å²) in [4.78, 5) is 31.5. The summed E-state index contributed by atoms with van der Waals surface area (Å²) in [6.07, 6.45) is 8.52. The van der Waals surface area contributed by atoms with Crippen molar-refractivity contribution in [2.24, 2.45) is 4.99 Å². The van der Waals surface area contributed by atoms with E-state index in [1.165, 1.54) is 29.2 Å². The maximum Gasteiger partial charge on any atom is 0.337 e. The van der Waals surface area contributed by atoms with E-state index in [1.807, 2.05) is 26.8 Å². The molecular weight excluding hydrogens is 532 g/mol. The van der Waals surface area contributed by atoms with Gasteiger partial charge in [0.2, 0.25) is 0 Å². The van der Waals surface area contributed by atoms with E-state index in [2.05, 4.69) is 10.9 Å². The number of hydrogen-bond donors (Lipinski definition) is 0. The van der Waals surface area contributed by atoms with Crippen LogP contribution in [0.3, 0.4) is 0 Å². The number of benzene rings is 2. The number of thiazole rings is 1. The molecule has 2 aromatic carbocycles. The lowest BCUT2D eigenvalue weighted by atomic mass is 9.97. The summed E-state index contributed by atoms with van der Waals surface area (Å²) in [6.45, 7) is 7.04. The van der Waals surface area contributed by atoms with Gasteiger partial charge in [0.15, 0.2) is 27.8 Å². The zero-order valence-electron chi connectivity index (χ0n) is 22.8. The van der Waals surface area contributed by atoms with Crippen LogP contribution in [-0.2, 0) is 9.53 Å². The van der Waals surface area contributed by atoms with Gasteiger partial charge < -0.3 is 23.7 Å². The third kappa shape index (κ3) is 5.90. The first-order valence-electron chi connectivity index (χ1n) is 12.8. The molecule has 0 amide bonds. The highest BCUT2D eigenvalue weighted by molar-refractivity contribution is 7.07. The van der Waals surface area contributed by atoms with Gasteiger partial charge in [-0.1, -0.05) is 29.4 Å². The zero-order valence-corrected chi connectivity index (χ0v) is 23.6. The second-order valence-corrected chi connectivity index (χ2v) is 9.39. The number of carbonyl (C=O) groups excluding carboxylic acids is 1. The van der Waals surface area contributed by atoms with Crippen molar-refractivity contribution >= 4 is 23.4 Å². The van der Waals surface area contributed by atoms with Crippen LogP contribution < -0.4 is 33.8 Å². The highest BCUT2D eigenvalue weighted by Crippen LogP contribution is 2.35. The van der Waals surface area contributed by atoms with Gasteiger partial charge in [0.05, 0.1) is 43.1 Å². The fourth-order valence-electron chi connectivity index (χ4n) is 4.26. The van der Waals surface area contributed by atoms with E-state index in [9.17, 15) is 9.59 Å². The molecule has 10 heteroatoms. The fraction of sp³-hybridized carbons (Fsp3) is 0.300. The van der Waals surface area contributed by atoms with Crippen LogP contribution in [0.1, 0.15) is 37.9 Å². The topological polar surface area (TPSA) is 97.6 Å². The normalized spacial score (nSPS) is 14.3. The standard InChI is InChI=1S/C30H30N2O7S/c1-6-14-39-23-12-10-19(15-24(23)37-8-3)16-26-28(33)32-27(21(29(34)35-5)18-31-30(32)40-26)20-11-13-22(36-7-2)25(17-20)38-9-4/h1,10-13,15-18,27H,7-9,14H2,2-5H3/b26-16-/t27-/m0/s1. The van der Waals surface area contributed by atoms with Crippen molar-refractivity contribution in [3.05, 3.63) is 79.0 Å². The van der Waals surface area contributed by atoms with Gasteiger partial charge in [-0.15, -0.1) is 6.42 Å². The Hall–Kier alpha value is -4.49. The number of rotatable bonds is 11. The quantitative estimate of drug-likeness (QED) is 0.262. The Morgan fingerprint density at radius 1 is 1.00 bits per heavy atom. The molecule has 2 heterocycles. The first kappa shape index (κ1) is 28.5. The van der Waals surface area contributed by atoms with Crippen molar-refractivity contribution < 1.29 is 28.5 Å². The van der Waals surface area contributed by atoms with Crippen molar-refractivity contribution in [2.45, 2.75) is 26.8 Å². The third-order valence-electron chi connectivity index (χ3n) is 5.88. The monoisotopic (exact) mass is 562 g/mol. The molecule has 1 aromatic heterocycles. The first-order valence-corrected chi connectivity index (χ1v) is 13.6. The van der Waals surface area contributed by atoms with Gasteiger partial charge in [-0.2, -0.15) is 0 Å². The number of esters is 1. The van der Waals surface area contributed by atoms with Crippen molar-refractivity contribution in [2.75, 3.05) is 33.5 Å². The second kappa shape index (κ2) is 13.0. The Balaban J connectivity index is 1.85. The number of hydrogen-bond acceptors (Lipinski definition) is 9. The average molecular weight is 563 g/mol. The van der Waals surface area contributed by atoms with E-state index in [-0.39, 0.29) is 17.7 Å². The molecule has 4 rings (SSSR count). The van der Waals surface area contributed by atoms with E-state index in [1.54, 1.807) is 36.4 Å². The van der Waals surface area contributed by atoms with Crippen molar-refractivity contribution in [3.8, 4) is 35.3 Å². The van der Waals surface area contributed by atoms with E-state index in [4.69, 9.17) is 30.1 Å². The van der Waals surface area contributed by atoms with Gasteiger partial charge in [-0.25, -0.2) is 9.79 Å². The second-order valence-electron chi connectivity index (χ2n) is 8.38. The predicted octanol–water partition coefficient (Wildman–Crippen LogP) is 3.23. The van der Waals surface area contributed by atoms with Crippen LogP contribution in [0.4, 0.5) is 0 Å². The highest BCUT2D eigenvalue weighted by atomic mass is 32.1. The maximum atomic E-state index is 13.8. The molecule has 0 spiro atoms. The van der Waals surface area contributed by atoms with Gasteiger partial charge in [0.1, 0.15) is 6.61 Å². The van der Waals surface area contributed by atoms with Gasteiger partial charge >= 0.3 is 5.97 Å². The summed E-state index contributed by atoms with van der Waals surface area (Å²) in [5.74, 6) is 3.97. The molecule has 0 fully saturated rings. The molecule has 40 heavy (non-hydrogen) atoms. The van der Waals surface area contributed by atoms with Crippen LogP contribution in [0.15, 0.2) is 58.0 Å². The highest BCUT2D eigenvalue weighted by Gasteiger charge is 2.31. The molecule has 0 unspecified atom stereocenters. The Bertz CT molecular complexity index is 1650. The number of methoxy groups -OCH3 is 1. The van der Waals surface area contributed by atoms with Crippen LogP contribution in [0, 0.1) is 12.3 Å². The maximum absolute atomic E-state index is 13.8. The third-order valence-corrected chi connectivity index (χ3v) is 6.88. The number of nitrogens with zero attached hydrogens (tertiary/aromatic N) is 2. The minimum absolute atomic E-state index is 0.108. The van der Waals surface area contributed by atoms with Crippen LogP contribution in [0.25, 0.3) is 6.08 Å². The molecule has 9 nitrogen and oxygen atoms in total. The summed E-state index contributed by atoms with van der Waals surface area (Å²) in [7, 11) is 1.29. The number of aromatic nitrogens is 1. The van der Waals surface area contributed by atoms with Gasteiger partial charge in [-0.3, -0.25) is 9.36 Å². The lowest BCUT2D eigenvalue weighted by Crippen LogP contribution is -2.39. The van der Waals surface area contributed by atoms with Gasteiger partial charge in [0, 0.05) is 6.20 Å². The molecule has 1 aliphatic rings. The summed E-state index contributed by atoms with van der Waals surface area (Å²) < 4.78 is 29.8. The van der Waals surface area contributed by atoms with Crippen LogP contribution in [0.5, 0.6) is 23.0 Å². The summed E-state index contributed by atoms with van der Waals surface area (Å²) in [5, 5.41) is 0. The van der Waals surface area contributed by atoms with Crippen LogP contribution in [0.2, 0.25) is 0 Å². The fourth-order valence-corrected chi connectivity index (χ4v) is 5.23. The molecule has 0 saturated heterocycles. The summed E-state index contributed by atoms with van der Waals surface area (Å²) in [5.41, 5.74) is 1.30. The smallest absolute Gasteiger partial charge is 0.337 e. The Kier molecular flexibility index (Phi) is 9.30. The molecule has 3 aromatic rings. The Morgan fingerprint density at radius 3 is 2.33 bits per heavy atom. The van der Waals surface area contributed by atoms with Crippen LogP contribution in [-0.4, -0.2) is 44.1 Å². The van der Waals surface area contributed by atoms with E-state index in [0.717, 1.165) is 5.56 Å². The number of fused-ring (bicyclic) bond motifs is 1. The molecular formula is C30H30N2O7S. The molecule has 1 atom stereocenters. The molecule has 208 valence electrons. The average Bonchev–Trinajstić information content (AvgIpc) is 3.27. The number of carbonyl (C=O) groups is 1. The predicted molar refractivity (Wildman–Crippen MR) is 152 cm³/mol. The zero-order chi connectivity index (χ0) is 28.6. The van der Waals surface area contributed by atoms with Crippen LogP contribution >= 0.6 is 11.3 Å². The lowest BCUT2D eigenvalue weighted by molar-refractivity contribution is -0.136. The van der Waals surface area contributed by atoms with E-state index < -0.39 is 12.0 Å². The summed E-state index contributed by atoms with van der Waals surface area (Å²) >= 11 is 1.22. The molecule has 0 radical (unpaired) electrons. The van der Waals surface area contributed by atoms with E-state index in [0.29, 0.717) is 57.7 Å². The molecule has 0 N–H and O–H groups in total.